The summed E-state index contributed by atoms with van der Waals surface area (Å²) in [6, 6.07) is 12.2. The number of benzene rings is 2. The Bertz CT molecular complexity index is 624. The van der Waals surface area contributed by atoms with Gasteiger partial charge >= 0.3 is 0 Å². The Hall–Kier alpha value is -1.51. The lowest BCUT2D eigenvalue weighted by molar-refractivity contribution is 0.254. The number of nitrogens with two attached hydrogens (primary N) is 1. The molecule has 2 nitrogen and oxygen atoms in total. The molecule has 0 saturated heterocycles. The van der Waals surface area contributed by atoms with E-state index in [1.54, 1.807) is 0 Å². The summed E-state index contributed by atoms with van der Waals surface area (Å²) in [5, 5.41) is 0.745. The fraction of sp³-hybridized carbons (Fsp3) is 0.250. The summed E-state index contributed by atoms with van der Waals surface area (Å²) in [4.78, 5) is 0. The molecule has 2 N–H and O–H groups in total. The predicted molar refractivity (Wildman–Crippen MR) is 78.6 cm³/mol. The highest BCUT2D eigenvalue weighted by Crippen LogP contribution is 2.35. The van der Waals surface area contributed by atoms with Crippen LogP contribution in [0.5, 0.6) is 5.75 Å². The van der Waals surface area contributed by atoms with E-state index in [4.69, 9.17) is 22.1 Å². The standard InChI is InChI=1S/C16H16ClNO/c1-10-6-13-8-12(3-5-16(13)19-10)14-4-2-11(9-18)7-15(14)17/h2-5,7-8,10H,6,9,18H2,1H3. The maximum atomic E-state index is 6.34. The molecule has 2 aromatic rings. The van der Waals surface area contributed by atoms with Crippen LogP contribution >= 0.6 is 11.6 Å². The van der Waals surface area contributed by atoms with Crippen LogP contribution in [0.25, 0.3) is 11.1 Å². The highest BCUT2D eigenvalue weighted by atomic mass is 35.5. The third-order valence-corrected chi connectivity index (χ3v) is 3.79. The number of ether oxygens (including phenoxy) is 1. The van der Waals surface area contributed by atoms with Crippen LogP contribution in [0.2, 0.25) is 5.02 Å². The van der Waals surface area contributed by atoms with Gasteiger partial charge in [-0.3, -0.25) is 0 Å². The number of halogens is 1. The van der Waals surface area contributed by atoms with E-state index in [2.05, 4.69) is 19.1 Å². The van der Waals surface area contributed by atoms with Gasteiger partial charge < -0.3 is 10.5 Å². The summed E-state index contributed by atoms with van der Waals surface area (Å²) in [5.74, 6) is 0.992. The van der Waals surface area contributed by atoms with Gasteiger partial charge in [0.1, 0.15) is 11.9 Å². The van der Waals surface area contributed by atoms with Crippen molar-refractivity contribution < 1.29 is 4.74 Å². The van der Waals surface area contributed by atoms with Gasteiger partial charge in [-0.25, -0.2) is 0 Å². The first kappa shape index (κ1) is 12.5. The van der Waals surface area contributed by atoms with Crippen molar-refractivity contribution in [2.24, 2.45) is 5.73 Å². The second-order valence-corrected chi connectivity index (χ2v) is 5.38. The van der Waals surface area contributed by atoms with Crippen molar-refractivity contribution in [3.63, 3.8) is 0 Å². The summed E-state index contributed by atoms with van der Waals surface area (Å²) < 4.78 is 5.71. The molecule has 0 bridgehead atoms. The smallest absolute Gasteiger partial charge is 0.123 e. The normalized spacial score (nSPS) is 17.1. The Morgan fingerprint density at radius 2 is 2.11 bits per heavy atom. The zero-order chi connectivity index (χ0) is 13.4. The lowest BCUT2D eigenvalue weighted by Gasteiger charge is -2.08. The van der Waals surface area contributed by atoms with E-state index in [0.717, 1.165) is 33.9 Å². The average molecular weight is 274 g/mol. The van der Waals surface area contributed by atoms with E-state index in [0.29, 0.717) is 6.54 Å². The average Bonchev–Trinajstić information content (AvgIpc) is 2.77. The highest BCUT2D eigenvalue weighted by Gasteiger charge is 2.19. The molecule has 3 rings (SSSR count). The third kappa shape index (κ3) is 2.34. The molecule has 2 aromatic carbocycles. The molecule has 0 amide bonds. The van der Waals surface area contributed by atoms with Crippen LogP contribution in [0.3, 0.4) is 0 Å². The zero-order valence-electron chi connectivity index (χ0n) is 10.8. The molecule has 0 aliphatic carbocycles. The molecule has 1 atom stereocenters. The minimum Gasteiger partial charge on any atom is -0.490 e. The van der Waals surface area contributed by atoms with Gasteiger partial charge in [0.2, 0.25) is 0 Å². The van der Waals surface area contributed by atoms with Gasteiger partial charge in [0.15, 0.2) is 0 Å². The molecule has 0 spiro atoms. The molecule has 0 saturated carbocycles. The van der Waals surface area contributed by atoms with Gasteiger partial charge in [0.05, 0.1) is 0 Å². The monoisotopic (exact) mass is 273 g/mol. The Balaban J connectivity index is 2.01. The molecule has 98 valence electrons. The first-order valence-corrected chi connectivity index (χ1v) is 6.83. The molecule has 0 radical (unpaired) electrons. The molecule has 1 aliphatic heterocycles. The Labute approximate surface area is 118 Å². The van der Waals surface area contributed by atoms with Crippen molar-refractivity contribution in [1.82, 2.24) is 0 Å². The second-order valence-electron chi connectivity index (χ2n) is 4.97. The minimum absolute atomic E-state index is 0.264. The molecular formula is C16H16ClNO. The number of hydrogen-bond acceptors (Lipinski definition) is 2. The first-order chi connectivity index (χ1) is 9.17. The predicted octanol–water partition coefficient (Wildman–Crippen LogP) is 3.79. The lowest BCUT2D eigenvalue weighted by Crippen LogP contribution is -2.05. The molecule has 3 heteroatoms. The lowest BCUT2D eigenvalue weighted by atomic mass is 10.00. The van der Waals surface area contributed by atoms with Crippen LogP contribution in [0.4, 0.5) is 0 Å². The minimum atomic E-state index is 0.264. The van der Waals surface area contributed by atoms with Gasteiger partial charge in [-0.2, -0.15) is 0 Å². The number of hydrogen-bond donors (Lipinski definition) is 1. The molecular weight excluding hydrogens is 258 g/mol. The summed E-state index contributed by atoms with van der Waals surface area (Å²) in [5.41, 5.74) is 10.1. The molecule has 1 heterocycles. The van der Waals surface area contributed by atoms with Crippen LogP contribution in [0.1, 0.15) is 18.1 Å². The van der Waals surface area contributed by atoms with Crippen LogP contribution in [-0.4, -0.2) is 6.10 Å². The highest BCUT2D eigenvalue weighted by molar-refractivity contribution is 6.33. The van der Waals surface area contributed by atoms with Crippen LogP contribution in [-0.2, 0) is 13.0 Å². The third-order valence-electron chi connectivity index (χ3n) is 3.48. The fourth-order valence-corrected chi connectivity index (χ4v) is 2.82. The van der Waals surface area contributed by atoms with Gasteiger partial charge in [-0.1, -0.05) is 29.8 Å². The van der Waals surface area contributed by atoms with Gasteiger partial charge in [-0.15, -0.1) is 0 Å². The summed E-state index contributed by atoms with van der Waals surface area (Å²) in [7, 11) is 0. The van der Waals surface area contributed by atoms with Crippen LogP contribution in [0.15, 0.2) is 36.4 Å². The molecule has 0 fully saturated rings. The van der Waals surface area contributed by atoms with E-state index in [1.807, 2.05) is 24.3 Å². The van der Waals surface area contributed by atoms with E-state index in [-0.39, 0.29) is 6.10 Å². The van der Waals surface area contributed by atoms with Crippen molar-refractivity contribution in [1.29, 1.82) is 0 Å². The second kappa shape index (κ2) is 4.87. The summed E-state index contributed by atoms with van der Waals surface area (Å²) >= 11 is 6.34. The number of rotatable bonds is 2. The maximum absolute atomic E-state index is 6.34. The summed E-state index contributed by atoms with van der Waals surface area (Å²) in [6.45, 7) is 2.60. The van der Waals surface area contributed by atoms with E-state index in [1.165, 1.54) is 5.56 Å². The molecule has 0 aromatic heterocycles. The Morgan fingerprint density at radius 1 is 1.26 bits per heavy atom. The van der Waals surface area contributed by atoms with Gasteiger partial charge in [0, 0.05) is 23.6 Å². The van der Waals surface area contributed by atoms with Crippen molar-refractivity contribution >= 4 is 11.6 Å². The zero-order valence-corrected chi connectivity index (χ0v) is 11.6. The van der Waals surface area contributed by atoms with Crippen molar-refractivity contribution in [2.45, 2.75) is 26.0 Å². The van der Waals surface area contributed by atoms with E-state index in [9.17, 15) is 0 Å². The van der Waals surface area contributed by atoms with Crippen molar-refractivity contribution in [3.05, 3.63) is 52.5 Å². The Kier molecular flexibility index (Phi) is 3.21. The van der Waals surface area contributed by atoms with Crippen molar-refractivity contribution in [3.8, 4) is 16.9 Å². The number of fused-ring (bicyclic) bond motifs is 1. The summed E-state index contributed by atoms with van der Waals surface area (Å²) in [6.07, 6.45) is 1.22. The maximum Gasteiger partial charge on any atom is 0.123 e. The largest absolute Gasteiger partial charge is 0.490 e. The molecule has 19 heavy (non-hydrogen) atoms. The topological polar surface area (TPSA) is 35.2 Å². The van der Waals surface area contributed by atoms with Gasteiger partial charge in [0.25, 0.3) is 0 Å². The van der Waals surface area contributed by atoms with Crippen LogP contribution < -0.4 is 10.5 Å². The van der Waals surface area contributed by atoms with E-state index < -0.39 is 0 Å². The van der Waals surface area contributed by atoms with Gasteiger partial charge in [-0.05, 0) is 41.8 Å². The van der Waals surface area contributed by atoms with Crippen LogP contribution in [0, 0.1) is 0 Å². The molecule has 1 aliphatic rings. The fourth-order valence-electron chi connectivity index (χ4n) is 2.51. The van der Waals surface area contributed by atoms with E-state index >= 15 is 0 Å². The quantitative estimate of drug-likeness (QED) is 0.904. The van der Waals surface area contributed by atoms with Crippen molar-refractivity contribution in [2.75, 3.05) is 0 Å². The molecule has 1 unspecified atom stereocenters. The SMILES string of the molecule is CC1Cc2cc(-c3ccc(CN)cc3Cl)ccc2O1. The Morgan fingerprint density at radius 3 is 2.84 bits per heavy atom. The first-order valence-electron chi connectivity index (χ1n) is 6.46.